The first-order valence-electron chi connectivity index (χ1n) is 8.70. The zero-order valence-electron chi connectivity index (χ0n) is 15.5. The lowest BCUT2D eigenvalue weighted by Gasteiger charge is -2.11. The lowest BCUT2D eigenvalue weighted by atomic mass is 9.99. The molecule has 29 heavy (non-hydrogen) atoms. The van der Waals surface area contributed by atoms with Gasteiger partial charge in [-0.25, -0.2) is 0 Å². The highest BCUT2D eigenvalue weighted by Gasteiger charge is 2.31. The van der Waals surface area contributed by atoms with Gasteiger partial charge in [-0.1, -0.05) is 12.1 Å². The van der Waals surface area contributed by atoms with Crippen molar-refractivity contribution in [3.63, 3.8) is 0 Å². The molecule has 0 aliphatic carbocycles. The zero-order chi connectivity index (χ0) is 20.6. The molecular formula is C21H16F3N3O2. The number of aromatic nitrogens is 3. The van der Waals surface area contributed by atoms with Gasteiger partial charge in [-0.3, -0.25) is 10.1 Å². The van der Waals surface area contributed by atoms with Crippen molar-refractivity contribution < 1.29 is 22.6 Å². The summed E-state index contributed by atoms with van der Waals surface area (Å²) in [6, 6.07) is 13.1. The predicted molar refractivity (Wildman–Crippen MR) is 103 cm³/mol. The van der Waals surface area contributed by atoms with E-state index in [-0.39, 0.29) is 5.75 Å². The van der Waals surface area contributed by atoms with E-state index >= 15 is 0 Å². The Kier molecular flexibility index (Phi) is 4.62. The standard InChI is InChI=1S/C21H16F3N3O2/c1-12-10-14(28-2)6-7-16(12)20-18-17(26-27-20)8-9-25-19(18)13-4-3-5-15(11-13)29-21(22,23)24/h3-11H,1-2H3,(H,26,27). The lowest BCUT2D eigenvalue weighted by molar-refractivity contribution is -0.274. The summed E-state index contributed by atoms with van der Waals surface area (Å²) in [7, 11) is 1.59. The zero-order valence-corrected chi connectivity index (χ0v) is 15.5. The van der Waals surface area contributed by atoms with Gasteiger partial charge in [-0.2, -0.15) is 5.10 Å². The minimum absolute atomic E-state index is 0.306. The second kappa shape index (κ2) is 7.12. The van der Waals surface area contributed by atoms with Crippen molar-refractivity contribution in [1.29, 1.82) is 0 Å². The fourth-order valence-corrected chi connectivity index (χ4v) is 3.25. The molecule has 0 fully saturated rings. The van der Waals surface area contributed by atoms with Crippen LogP contribution >= 0.6 is 0 Å². The highest BCUT2D eigenvalue weighted by Crippen LogP contribution is 2.37. The molecule has 0 aliphatic heterocycles. The molecule has 0 bridgehead atoms. The van der Waals surface area contributed by atoms with Crippen LogP contribution in [-0.4, -0.2) is 28.7 Å². The number of fused-ring (bicyclic) bond motifs is 1. The minimum Gasteiger partial charge on any atom is -0.497 e. The first-order valence-corrected chi connectivity index (χ1v) is 8.70. The number of H-pyrrole nitrogens is 1. The van der Waals surface area contributed by atoms with Gasteiger partial charge in [0, 0.05) is 17.3 Å². The summed E-state index contributed by atoms with van der Waals surface area (Å²) < 4.78 is 47.1. The maximum atomic E-state index is 12.6. The lowest BCUT2D eigenvalue weighted by Crippen LogP contribution is -2.17. The van der Waals surface area contributed by atoms with Crippen LogP contribution in [0.4, 0.5) is 13.2 Å². The van der Waals surface area contributed by atoms with Crippen LogP contribution in [-0.2, 0) is 0 Å². The summed E-state index contributed by atoms with van der Waals surface area (Å²) in [5.74, 6) is 0.418. The number of pyridine rings is 1. The minimum atomic E-state index is -4.76. The molecule has 4 aromatic rings. The molecular weight excluding hydrogens is 383 g/mol. The molecule has 5 nitrogen and oxygen atoms in total. The van der Waals surface area contributed by atoms with Gasteiger partial charge in [0.1, 0.15) is 17.2 Å². The van der Waals surface area contributed by atoms with Crippen molar-refractivity contribution in [2.24, 2.45) is 0 Å². The summed E-state index contributed by atoms with van der Waals surface area (Å²) in [5, 5.41) is 8.12. The highest BCUT2D eigenvalue weighted by atomic mass is 19.4. The van der Waals surface area contributed by atoms with Crippen molar-refractivity contribution in [1.82, 2.24) is 15.2 Å². The second-order valence-electron chi connectivity index (χ2n) is 6.41. The molecule has 0 amide bonds. The normalized spacial score (nSPS) is 11.6. The maximum absolute atomic E-state index is 12.6. The molecule has 2 aromatic heterocycles. The van der Waals surface area contributed by atoms with Gasteiger partial charge >= 0.3 is 6.36 Å². The largest absolute Gasteiger partial charge is 0.573 e. The summed E-state index contributed by atoms with van der Waals surface area (Å²) in [4.78, 5) is 4.42. The molecule has 0 saturated carbocycles. The number of ether oxygens (including phenoxy) is 2. The van der Waals surface area contributed by atoms with Gasteiger partial charge < -0.3 is 9.47 Å². The number of methoxy groups -OCH3 is 1. The van der Waals surface area contributed by atoms with Crippen LogP contribution in [0.2, 0.25) is 0 Å². The molecule has 0 saturated heterocycles. The van der Waals surface area contributed by atoms with Crippen LogP contribution in [0.5, 0.6) is 11.5 Å². The molecule has 0 atom stereocenters. The third-order valence-electron chi connectivity index (χ3n) is 4.51. The average molecular weight is 399 g/mol. The van der Waals surface area contributed by atoms with Crippen LogP contribution in [0.25, 0.3) is 33.4 Å². The Hall–Kier alpha value is -3.55. The first kappa shape index (κ1) is 18.8. The van der Waals surface area contributed by atoms with Crippen molar-refractivity contribution in [3.05, 3.63) is 60.3 Å². The van der Waals surface area contributed by atoms with E-state index in [1.54, 1.807) is 25.4 Å². The molecule has 0 radical (unpaired) electrons. The number of aryl methyl sites for hydroxylation is 1. The van der Waals surface area contributed by atoms with E-state index < -0.39 is 6.36 Å². The van der Waals surface area contributed by atoms with Crippen LogP contribution in [0.15, 0.2) is 54.7 Å². The van der Waals surface area contributed by atoms with Gasteiger partial charge in [-0.05, 0) is 48.9 Å². The van der Waals surface area contributed by atoms with Crippen LogP contribution < -0.4 is 9.47 Å². The Morgan fingerprint density at radius 2 is 1.79 bits per heavy atom. The number of benzene rings is 2. The molecule has 0 unspecified atom stereocenters. The van der Waals surface area contributed by atoms with Crippen LogP contribution in [0.3, 0.4) is 0 Å². The van der Waals surface area contributed by atoms with Gasteiger partial charge in [0.05, 0.1) is 23.7 Å². The van der Waals surface area contributed by atoms with E-state index in [4.69, 9.17) is 4.74 Å². The summed E-state index contributed by atoms with van der Waals surface area (Å²) in [6.07, 6.45) is -3.18. The number of nitrogens with one attached hydrogen (secondary N) is 1. The monoisotopic (exact) mass is 399 g/mol. The van der Waals surface area contributed by atoms with Crippen molar-refractivity contribution >= 4 is 10.9 Å². The Bertz CT molecular complexity index is 1190. The third kappa shape index (κ3) is 3.73. The average Bonchev–Trinajstić information content (AvgIpc) is 3.10. The number of hydrogen-bond acceptors (Lipinski definition) is 4. The van der Waals surface area contributed by atoms with E-state index in [0.29, 0.717) is 22.3 Å². The second-order valence-corrected chi connectivity index (χ2v) is 6.41. The molecule has 2 heterocycles. The number of nitrogens with zero attached hydrogens (tertiary/aromatic N) is 2. The van der Waals surface area contributed by atoms with E-state index in [0.717, 1.165) is 22.4 Å². The van der Waals surface area contributed by atoms with E-state index in [1.165, 1.54) is 18.2 Å². The van der Waals surface area contributed by atoms with Gasteiger partial charge in [0.2, 0.25) is 0 Å². The molecule has 148 valence electrons. The van der Waals surface area contributed by atoms with Crippen LogP contribution in [0, 0.1) is 6.92 Å². The number of aromatic amines is 1. The smallest absolute Gasteiger partial charge is 0.497 e. The van der Waals surface area contributed by atoms with E-state index in [9.17, 15) is 13.2 Å². The number of alkyl halides is 3. The van der Waals surface area contributed by atoms with E-state index in [2.05, 4.69) is 19.9 Å². The Balaban J connectivity index is 1.88. The molecule has 2 aromatic carbocycles. The molecule has 4 rings (SSSR count). The number of halogens is 3. The summed E-state index contributed by atoms with van der Waals surface area (Å²) in [5.41, 5.74) is 4.20. The Labute approximate surface area is 164 Å². The summed E-state index contributed by atoms with van der Waals surface area (Å²) >= 11 is 0. The third-order valence-corrected chi connectivity index (χ3v) is 4.51. The maximum Gasteiger partial charge on any atom is 0.573 e. The van der Waals surface area contributed by atoms with Crippen molar-refractivity contribution in [3.8, 4) is 34.0 Å². The molecule has 0 spiro atoms. The number of hydrogen-bond donors (Lipinski definition) is 1. The van der Waals surface area contributed by atoms with Gasteiger partial charge in [0.25, 0.3) is 0 Å². The quantitative estimate of drug-likeness (QED) is 0.492. The topological polar surface area (TPSA) is 60.0 Å². The van der Waals surface area contributed by atoms with Crippen molar-refractivity contribution in [2.45, 2.75) is 13.3 Å². The van der Waals surface area contributed by atoms with Crippen molar-refractivity contribution in [2.75, 3.05) is 7.11 Å². The number of rotatable bonds is 4. The van der Waals surface area contributed by atoms with E-state index in [1.807, 2.05) is 25.1 Å². The van der Waals surface area contributed by atoms with Gasteiger partial charge in [0.15, 0.2) is 0 Å². The molecule has 8 heteroatoms. The van der Waals surface area contributed by atoms with Gasteiger partial charge in [-0.15, -0.1) is 13.2 Å². The Morgan fingerprint density at radius 1 is 0.966 bits per heavy atom. The summed E-state index contributed by atoms with van der Waals surface area (Å²) in [6.45, 7) is 1.94. The fraction of sp³-hybridized carbons (Fsp3) is 0.143. The fourth-order valence-electron chi connectivity index (χ4n) is 3.25. The SMILES string of the molecule is COc1ccc(-c2n[nH]c3ccnc(-c4cccc(OC(F)(F)F)c4)c23)c(C)c1. The first-order chi connectivity index (χ1) is 13.9. The van der Waals surface area contributed by atoms with Crippen LogP contribution in [0.1, 0.15) is 5.56 Å². The molecule has 0 aliphatic rings. The Morgan fingerprint density at radius 3 is 2.52 bits per heavy atom. The molecule has 1 N–H and O–H groups in total. The highest BCUT2D eigenvalue weighted by molar-refractivity contribution is 6.02. The predicted octanol–water partition coefficient (Wildman–Crippen LogP) is 5.51.